The van der Waals surface area contributed by atoms with Crippen LogP contribution >= 0.6 is 0 Å². The minimum atomic E-state index is 0.515. The molecule has 0 fully saturated rings. The fraction of sp³-hybridized carbons (Fsp3) is 0.231. The van der Waals surface area contributed by atoms with Gasteiger partial charge in [0, 0.05) is 18.9 Å². The van der Waals surface area contributed by atoms with E-state index >= 15 is 0 Å². The molecule has 0 bridgehead atoms. The van der Waals surface area contributed by atoms with Gasteiger partial charge in [-0.05, 0) is 19.1 Å². The molecule has 0 N–H and O–H groups in total. The van der Waals surface area contributed by atoms with Crippen molar-refractivity contribution < 1.29 is 4.74 Å². The maximum atomic E-state index is 5.05. The van der Waals surface area contributed by atoms with Gasteiger partial charge >= 0.3 is 0 Å². The molecule has 16 heavy (non-hydrogen) atoms. The lowest BCUT2D eigenvalue weighted by Gasteiger charge is -2.03. The van der Waals surface area contributed by atoms with Gasteiger partial charge in [-0.3, -0.25) is 0 Å². The van der Waals surface area contributed by atoms with Gasteiger partial charge < -0.3 is 4.74 Å². The van der Waals surface area contributed by atoms with E-state index < -0.39 is 0 Å². The highest BCUT2D eigenvalue weighted by atomic mass is 16.5. The molecular weight excluding hydrogens is 200 g/mol. The lowest BCUT2D eigenvalue weighted by molar-refractivity contribution is 0.181. The first-order valence-electron chi connectivity index (χ1n) is 5.17. The normalized spacial score (nSPS) is 10.4. The van der Waals surface area contributed by atoms with Gasteiger partial charge in [-0.25, -0.2) is 9.97 Å². The lowest BCUT2D eigenvalue weighted by Crippen LogP contribution is -1.96. The van der Waals surface area contributed by atoms with Gasteiger partial charge in [0.1, 0.15) is 0 Å². The molecule has 0 spiro atoms. The van der Waals surface area contributed by atoms with E-state index in [2.05, 4.69) is 29.0 Å². The highest BCUT2D eigenvalue weighted by molar-refractivity contribution is 5.55. The molecule has 0 aliphatic carbocycles. The summed E-state index contributed by atoms with van der Waals surface area (Å²) >= 11 is 0. The number of ether oxygens (including phenoxy) is 1. The predicted octanol–water partition coefficient (Wildman–Crippen LogP) is 2.60. The van der Waals surface area contributed by atoms with Gasteiger partial charge in [0.15, 0.2) is 5.82 Å². The van der Waals surface area contributed by atoms with Crippen molar-refractivity contribution in [3.05, 3.63) is 47.8 Å². The van der Waals surface area contributed by atoms with E-state index in [1.165, 1.54) is 5.56 Å². The van der Waals surface area contributed by atoms with Crippen LogP contribution in [-0.2, 0) is 11.3 Å². The molecule has 82 valence electrons. The number of hydrogen-bond donors (Lipinski definition) is 0. The molecule has 0 atom stereocenters. The molecule has 0 saturated carbocycles. The number of rotatable bonds is 3. The molecule has 1 heterocycles. The fourth-order valence-corrected chi connectivity index (χ4v) is 1.55. The monoisotopic (exact) mass is 214 g/mol. The largest absolute Gasteiger partial charge is 0.378 e. The molecule has 1 aromatic carbocycles. The highest BCUT2D eigenvalue weighted by Crippen LogP contribution is 2.16. The van der Waals surface area contributed by atoms with E-state index in [0.717, 1.165) is 17.1 Å². The molecule has 0 aliphatic heterocycles. The second kappa shape index (κ2) is 4.86. The van der Waals surface area contributed by atoms with E-state index in [1.807, 2.05) is 18.2 Å². The zero-order valence-electron chi connectivity index (χ0n) is 9.47. The van der Waals surface area contributed by atoms with Crippen molar-refractivity contribution in [1.82, 2.24) is 9.97 Å². The number of benzene rings is 1. The minimum Gasteiger partial charge on any atom is -0.378 e. The Kier molecular flexibility index (Phi) is 3.27. The van der Waals surface area contributed by atoms with Crippen molar-refractivity contribution in [3.63, 3.8) is 0 Å². The van der Waals surface area contributed by atoms with Crippen molar-refractivity contribution in [3.8, 4) is 11.4 Å². The highest BCUT2D eigenvalue weighted by Gasteiger charge is 2.02. The summed E-state index contributed by atoms with van der Waals surface area (Å²) in [6, 6.07) is 10.0. The molecule has 0 unspecified atom stereocenters. The standard InChI is InChI=1S/C13H14N2O/c1-10-4-3-5-11(8-10)13-14-7-6-12(15-13)9-16-2/h3-8H,9H2,1-2H3. The summed E-state index contributed by atoms with van der Waals surface area (Å²) in [6.45, 7) is 2.57. The average Bonchev–Trinajstić information content (AvgIpc) is 2.30. The third-order valence-electron chi connectivity index (χ3n) is 2.28. The topological polar surface area (TPSA) is 35.0 Å². The van der Waals surface area contributed by atoms with E-state index in [4.69, 9.17) is 4.74 Å². The third-order valence-corrected chi connectivity index (χ3v) is 2.28. The van der Waals surface area contributed by atoms with Crippen LogP contribution in [0, 0.1) is 6.92 Å². The van der Waals surface area contributed by atoms with Crippen molar-refractivity contribution in [2.75, 3.05) is 7.11 Å². The molecule has 2 rings (SSSR count). The molecule has 0 amide bonds. The van der Waals surface area contributed by atoms with E-state index in [-0.39, 0.29) is 0 Å². The first kappa shape index (κ1) is 10.8. The second-order valence-corrected chi connectivity index (χ2v) is 3.67. The van der Waals surface area contributed by atoms with Crippen LogP contribution in [0.25, 0.3) is 11.4 Å². The van der Waals surface area contributed by atoms with Gasteiger partial charge in [0.25, 0.3) is 0 Å². The van der Waals surface area contributed by atoms with Crippen molar-refractivity contribution in [2.24, 2.45) is 0 Å². The Hall–Kier alpha value is -1.74. The Morgan fingerprint density at radius 2 is 2.12 bits per heavy atom. The Bertz CT molecular complexity index is 483. The molecular formula is C13H14N2O. The summed E-state index contributed by atoms with van der Waals surface area (Å²) in [4.78, 5) is 8.70. The summed E-state index contributed by atoms with van der Waals surface area (Å²) < 4.78 is 5.05. The number of aryl methyl sites for hydroxylation is 1. The Balaban J connectivity index is 2.36. The molecule has 0 radical (unpaired) electrons. The van der Waals surface area contributed by atoms with E-state index in [9.17, 15) is 0 Å². The summed E-state index contributed by atoms with van der Waals surface area (Å²) in [5.74, 6) is 0.748. The average molecular weight is 214 g/mol. The predicted molar refractivity (Wildman–Crippen MR) is 62.9 cm³/mol. The van der Waals surface area contributed by atoms with Crippen molar-refractivity contribution in [1.29, 1.82) is 0 Å². The maximum Gasteiger partial charge on any atom is 0.159 e. The second-order valence-electron chi connectivity index (χ2n) is 3.67. The van der Waals surface area contributed by atoms with Crippen LogP contribution in [-0.4, -0.2) is 17.1 Å². The van der Waals surface area contributed by atoms with Crippen LogP contribution < -0.4 is 0 Å². The first-order chi connectivity index (χ1) is 7.79. The SMILES string of the molecule is COCc1ccnc(-c2cccc(C)c2)n1. The molecule has 0 saturated heterocycles. The minimum absolute atomic E-state index is 0.515. The fourth-order valence-electron chi connectivity index (χ4n) is 1.55. The van der Waals surface area contributed by atoms with Crippen molar-refractivity contribution in [2.45, 2.75) is 13.5 Å². The quantitative estimate of drug-likeness (QED) is 0.787. The third kappa shape index (κ3) is 2.44. The van der Waals surface area contributed by atoms with Gasteiger partial charge in [-0.2, -0.15) is 0 Å². The first-order valence-corrected chi connectivity index (χ1v) is 5.17. The van der Waals surface area contributed by atoms with Crippen LogP contribution in [0.1, 0.15) is 11.3 Å². The van der Waals surface area contributed by atoms with Crippen LogP contribution in [0.15, 0.2) is 36.5 Å². The number of nitrogens with zero attached hydrogens (tertiary/aromatic N) is 2. The molecule has 3 heteroatoms. The molecule has 0 aliphatic rings. The number of aromatic nitrogens is 2. The Morgan fingerprint density at radius 3 is 2.88 bits per heavy atom. The van der Waals surface area contributed by atoms with Gasteiger partial charge in [0.05, 0.1) is 12.3 Å². The van der Waals surface area contributed by atoms with E-state index in [0.29, 0.717) is 6.61 Å². The van der Waals surface area contributed by atoms with Crippen LogP contribution in [0.4, 0.5) is 0 Å². The molecule has 2 aromatic rings. The summed E-state index contributed by atoms with van der Waals surface area (Å²) in [5.41, 5.74) is 3.14. The maximum absolute atomic E-state index is 5.05. The van der Waals surface area contributed by atoms with E-state index in [1.54, 1.807) is 13.3 Å². The molecule has 1 aromatic heterocycles. The summed E-state index contributed by atoms with van der Waals surface area (Å²) in [6.07, 6.45) is 1.76. The van der Waals surface area contributed by atoms with Crippen LogP contribution in [0.5, 0.6) is 0 Å². The van der Waals surface area contributed by atoms with Gasteiger partial charge in [0.2, 0.25) is 0 Å². The van der Waals surface area contributed by atoms with Crippen LogP contribution in [0.2, 0.25) is 0 Å². The summed E-state index contributed by atoms with van der Waals surface area (Å²) in [7, 11) is 1.66. The molecule has 3 nitrogen and oxygen atoms in total. The van der Waals surface area contributed by atoms with Crippen molar-refractivity contribution >= 4 is 0 Å². The lowest BCUT2D eigenvalue weighted by atomic mass is 10.1. The summed E-state index contributed by atoms with van der Waals surface area (Å²) in [5, 5.41) is 0. The Morgan fingerprint density at radius 1 is 1.25 bits per heavy atom. The number of hydrogen-bond acceptors (Lipinski definition) is 3. The zero-order chi connectivity index (χ0) is 11.4. The Labute approximate surface area is 95.1 Å². The van der Waals surface area contributed by atoms with Gasteiger partial charge in [-0.15, -0.1) is 0 Å². The van der Waals surface area contributed by atoms with Gasteiger partial charge in [-0.1, -0.05) is 23.8 Å². The number of methoxy groups -OCH3 is 1. The smallest absolute Gasteiger partial charge is 0.159 e. The van der Waals surface area contributed by atoms with Crippen LogP contribution in [0.3, 0.4) is 0 Å². The zero-order valence-corrected chi connectivity index (χ0v) is 9.47.